The van der Waals surface area contributed by atoms with E-state index >= 15 is 0 Å². The van der Waals surface area contributed by atoms with Crippen molar-refractivity contribution >= 4 is 33.2 Å². The van der Waals surface area contributed by atoms with Gasteiger partial charge < -0.3 is 4.90 Å². The minimum absolute atomic E-state index is 0.0154. The standard InChI is InChI=1S/C16H16BrClFN/c1-11(13-7-3-4-8-14(13)18)20(2)16-12(10-17)6-5-9-15(16)19/h3-9,11H,10H2,1-2H3. The predicted octanol–water partition coefficient (Wildman–Crippen LogP) is 5.57. The molecule has 0 aliphatic heterocycles. The summed E-state index contributed by atoms with van der Waals surface area (Å²) in [5, 5.41) is 1.31. The Labute approximate surface area is 132 Å². The molecule has 2 aromatic rings. The average Bonchev–Trinajstić information content (AvgIpc) is 2.46. The first-order valence-corrected chi connectivity index (χ1v) is 7.86. The number of rotatable bonds is 4. The van der Waals surface area contributed by atoms with E-state index in [9.17, 15) is 4.39 Å². The van der Waals surface area contributed by atoms with E-state index in [-0.39, 0.29) is 11.9 Å². The minimum atomic E-state index is -0.219. The summed E-state index contributed by atoms with van der Waals surface area (Å²) in [4.78, 5) is 1.92. The fourth-order valence-corrected chi connectivity index (χ4v) is 3.03. The molecule has 0 amide bonds. The molecule has 20 heavy (non-hydrogen) atoms. The van der Waals surface area contributed by atoms with Gasteiger partial charge in [-0.1, -0.05) is 57.9 Å². The molecule has 0 aliphatic carbocycles. The molecule has 0 heterocycles. The maximum Gasteiger partial charge on any atom is 0.146 e. The van der Waals surface area contributed by atoms with Crippen molar-refractivity contribution in [1.29, 1.82) is 0 Å². The van der Waals surface area contributed by atoms with E-state index in [0.29, 0.717) is 16.0 Å². The van der Waals surface area contributed by atoms with Gasteiger partial charge in [0.05, 0.1) is 11.7 Å². The Balaban J connectivity index is 2.41. The molecule has 0 fully saturated rings. The zero-order chi connectivity index (χ0) is 14.7. The van der Waals surface area contributed by atoms with Crippen LogP contribution in [-0.4, -0.2) is 7.05 Å². The highest BCUT2D eigenvalue weighted by Gasteiger charge is 2.19. The number of nitrogens with zero attached hydrogens (tertiary/aromatic N) is 1. The van der Waals surface area contributed by atoms with Crippen LogP contribution in [0.5, 0.6) is 0 Å². The van der Waals surface area contributed by atoms with Crippen LogP contribution < -0.4 is 4.90 Å². The zero-order valence-electron chi connectivity index (χ0n) is 11.4. The SMILES string of the molecule is CC(c1ccccc1Cl)N(C)c1c(F)cccc1CBr. The normalized spacial score (nSPS) is 12.2. The molecule has 0 bridgehead atoms. The summed E-state index contributed by atoms with van der Waals surface area (Å²) in [5.74, 6) is -0.219. The molecule has 0 saturated heterocycles. The number of halogens is 3. The molecule has 2 aromatic carbocycles. The summed E-state index contributed by atoms with van der Waals surface area (Å²) in [5.41, 5.74) is 2.52. The number of alkyl halides is 1. The Kier molecular flexibility index (Phi) is 5.06. The summed E-state index contributed by atoms with van der Waals surface area (Å²) in [7, 11) is 1.89. The van der Waals surface area contributed by atoms with Crippen LogP contribution in [-0.2, 0) is 5.33 Å². The number of benzene rings is 2. The molecule has 4 heteroatoms. The van der Waals surface area contributed by atoms with Gasteiger partial charge in [-0.3, -0.25) is 0 Å². The fraction of sp³-hybridized carbons (Fsp3) is 0.250. The van der Waals surface area contributed by atoms with Crippen molar-refractivity contribution in [2.45, 2.75) is 18.3 Å². The van der Waals surface area contributed by atoms with Crippen molar-refractivity contribution in [3.8, 4) is 0 Å². The highest BCUT2D eigenvalue weighted by Crippen LogP contribution is 2.34. The smallest absolute Gasteiger partial charge is 0.146 e. The van der Waals surface area contributed by atoms with Crippen LogP contribution in [0.15, 0.2) is 42.5 Å². The third-order valence-corrected chi connectivity index (χ3v) is 4.45. The largest absolute Gasteiger partial charge is 0.365 e. The molecule has 0 radical (unpaired) electrons. The van der Waals surface area contributed by atoms with Gasteiger partial charge in [0.2, 0.25) is 0 Å². The lowest BCUT2D eigenvalue weighted by Gasteiger charge is -2.30. The third kappa shape index (κ3) is 2.99. The summed E-state index contributed by atoms with van der Waals surface area (Å²) in [6.45, 7) is 2.02. The average molecular weight is 357 g/mol. The van der Waals surface area contributed by atoms with Gasteiger partial charge in [0.15, 0.2) is 0 Å². The molecule has 0 aromatic heterocycles. The van der Waals surface area contributed by atoms with E-state index in [4.69, 9.17) is 11.6 Å². The third-order valence-electron chi connectivity index (χ3n) is 3.50. The topological polar surface area (TPSA) is 3.24 Å². The van der Waals surface area contributed by atoms with Crippen LogP contribution in [0.25, 0.3) is 0 Å². The van der Waals surface area contributed by atoms with Crippen LogP contribution in [0.2, 0.25) is 5.02 Å². The molecule has 1 nitrogen and oxygen atoms in total. The molecular weight excluding hydrogens is 341 g/mol. The van der Waals surface area contributed by atoms with Crippen LogP contribution >= 0.6 is 27.5 Å². The molecule has 0 N–H and O–H groups in total. The van der Waals surface area contributed by atoms with E-state index in [0.717, 1.165) is 11.1 Å². The number of para-hydroxylation sites is 1. The van der Waals surface area contributed by atoms with Crippen molar-refractivity contribution in [3.63, 3.8) is 0 Å². The first-order valence-electron chi connectivity index (χ1n) is 6.37. The molecule has 0 saturated carbocycles. The summed E-state index contributed by atoms with van der Waals surface area (Å²) < 4.78 is 14.2. The first-order chi connectivity index (χ1) is 9.56. The van der Waals surface area contributed by atoms with Crippen LogP contribution in [0.4, 0.5) is 10.1 Å². The van der Waals surface area contributed by atoms with Crippen LogP contribution in [0.3, 0.4) is 0 Å². The predicted molar refractivity (Wildman–Crippen MR) is 87.3 cm³/mol. The number of anilines is 1. The zero-order valence-corrected chi connectivity index (χ0v) is 13.7. The molecule has 106 valence electrons. The van der Waals surface area contributed by atoms with Crippen LogP contribution in [0, 0.1) is 5.82 Å². The van der Waals surface area contributed by atoms with Gasteiger partial charge >= 0.3 is 0 Å². The minimum Gasteiger partial charge on any atom is -0.365 e. The van der Waals surface area contributed by atoms with Gasteiger partial charge in [-0.15, -0.1) is 0 Å². The van der Waals surface area contributed by atoms with Gasteiger partial charge in [0.1, 0.15) is 5.82 Å². The van der Waals surface area contributed by atoms with Crippen molar-refractivity contribution in [1.82, 2.24) is 0 Å². The Bertz CT molecular complexity index is 603. The Hall–Kier alpha value is -1.06. The lowest BCUT2D eigenvalue weighted by molar-refractivity contribution is 0.610. The van der Waals surface area contributed by atoms with Crippen molar-refractivity contribution < 1.29 is 4.39 Å². The fourth-order valence-electron chi connectivity index (χ4n) is 2.28. The van der Waals surface area contributed by atoms with E-state index in [1.807, 2.05) is 49.2 Å². The highest BCUT2D eigenvalue weighted by atomic mass is 79.9. The molecule has 2 rings (SSSR count). The van der Waals surface area contributed by atoms with Crippen molar-refractivity contribution in [2.24, 2.45) is 0 Å². The van der Waals surface area contributed by atoms with Gasteiger partial charge in [0, 0.05) is 17.4 Å². The molecule has 0 spiro atoms. The first kappa shape index (κ1) is 15.3. The Morgan fingerprint density at radius 3 is 2.55 bits per heavy atom. The number of hydrogen-bond acceptors (Lipinski definition) is 1. The molecule has 1 unspecified atom stereocenters. The van der Waals surface area contributed by atoms with Crippen molar-refractivity contribution in [3.05, 3.63) is 64.4 Å². The van der Waals surface area contributed by atoms with E-state index in [1.54, 1.807) is 6.07 Å². The number of hydrogen-bond donors (Lipinski definition) is 0. The van der Waals surface area contributed by atoms with Crippen molar-refractivity contribution in [2.75, 3.05) is 11.9 Å². The highest BCUT2D eigenvalue weighted by molar-refractivity contribution is 9.08. The van der Waals surface area contributed by atoms with Gasteiger partial charge in [0.25, 0.3) is 0 Å². The maximum absolute atomic E-state index is 14.2. The Morgan fingerprint density at radius 1 is 1.20 bits per heavy atom. The maximum atomic E-state index is 14.2. The van der Waals surface area contributed by atoms with Gasteiger partial charge in [-0.2, -0.15) is 0 Å². The lowest BCUT2D eigenvalue weighted by Crippen LogP contribution is -2.24. The summed E-state index contributed by atoms with van der Waals surface area (Å²) in [6.07, 6.45) is 0. The second-order valence-corrected chi connectivity index (χ2v) is 5.66. The quantitative estimate of drug-likeness (QED) is 0.647. The molecule has 1 atom stereocenters. The monoisotopic (exact) mass is 355 g/mol. The van der Waals surface area contributed by atoms with Gasteiger partial charge in [-0.25, -0.2) is 4.39 Å². The summed E-state index contributed by atoms with van der Waals surface area (Å²) in [6, 6.07) is 12.8. The molecule has 0 aliphatic rings. The second-order valence-electron chi connectivity index (χ2n) is 4.69. The second kappa shape index (κ2) is 6.59. The van der Waals surface area contributed by atoms with E-state index < -0.39 is 0 Å². The van der Waals surface area contributed by atoms with E-state index in [2.05, 4.69) is 15.9 Å². The van der Waals surface area contributed by atoms with E-state index in [1.165, 1.54) is 6.07 Å². The van der Waals surface area contributed by atoms with Crippen LogP contribution in [0.1, 0.15) is 24.1 Å². The van der Waals surface area contributed by atoms with Gasteiger partial charge in [-0.05, 0) is 30.2 Å². The summed E-state index contributed by atoms with van der Waals surface area (Å²) >= 11 is 9.65. The molecular formula is C16H16BrClFN. The lowest BCUT2D eigenvalue weighted by atomic mass is 10.1. The Morgan fingerprint density at radius 2 is 1.90 bits per heavy atom.